The first kappa shape index (κ1) is 22.2. The van der Waals surface area contributed by atoms with Gasteiger partial charge in [-0.15, -0.1) is 0 Å². The van der Waals surface area contributed by atoms with Crippen molar-refractivity contribution in [2.75, 3.05) is 32.8 Å². The summed E-state index contributed by atoms with van der Waals surface area (Å²) in [7, 11) is 0. The molecule has 2 aliphatic rings. The number of hydrogen-bond donors (Lipinski definition) is 0. The molecule has 1 saturated heterocycles. The fourth-order valence-electron chi connectivity index (χ4n) is 4.45. The Kier molecular flexibility index (Phi) is 7.64. The Labute approximate surface area is 189 Å². The average Bonchev–Trinajstić information content (AvgIpc) is 2.85. The van der Waals surface area contributed by atoms with Gasteiger partial charge in [-0.2, -0.15) is 0 Å². The van der Waals surface area contributed by atoms with Crippen molar-refractivity contribution >= 4 is 11.8 Å². The highest BCUT2D eigenvalue weighted by molar-refractivity contribution is 5.92. The van der Waals surface area contributed by atoms with Gasteiger partial charge in [0.2, 0.25) is 5.91 Å². The Morgan fingerprint density at radius 1 is 0.969 bits per heavy atom. The second-order valence-corrected chi connectivity index (χ2v) is 8.56. The van der Waals surface area contributed by atoms with Crippen molar-refractivity contribution < 1.29 is 14.3 Å². The molecule has 0 N–H and O–H groups in total. The summed E-state index contributed by atoms with van der Waals surface area (Å²) in [6.07, 6.45) is 14.3. The van der Waals surface area contributed by atoms with Gasteiger partial charge in [0.05, 0.1) is 18.7 Å². The lowest BCUT2D eigenvalue weighted by Gasteiger charge is -2.34. The fourth-order valence-corrected chi connectivity index (χ4v) is 4.45. The van der Waals surface area contributed by atoms with E-state index in [1.807, 2.05) is 0 Å². The Morgan fingerprint density at radius 2 is 1.75 bits per heavy atom. The van der Waals surface area contributed by atoms with Crippen LogP contribution in [0.25, 0.3) is 0 Å². The molecule has 3 heterocycles. The normalized spacial score (nSPS) is 17.2. The monoisotopic (exact) mass is 437 g/mol. The maximum Gasteiger partial charge on any atom is 0.272 e. The van der Waals surface area contributed by atoms with E-state index in [1.165, 1.54) is 32.1 Å². The number of pyridine rings is 1. The molecule has 8 heteroatoms. The molecule has 0 aromatic carbocycles. The van der Waals surface area contributed by atoms with Gasteiger partial charge in [-0.3, -0.25) is 24.5 Å². The lowest BCUT2D eigenvalue weighted by atomic mass is 9.87. The number of piperazine rings is 1. The van der Waals surface area contributed by atoms with E-state index in [2.05, 4.69) is 15.0 Å². The Morgan fingerprint density at radius 3 is 2.50 bits per heavy atom. The molecule has 0 atom stereocenters. The summed E-state index contributed by atoms with van der Waals surface area (Å²) < 4.78 is 5.92. The molecule has 2 fully saturated rings. The van der Waals surface area contributed by atoms with E-state index in [-0.39, 0.29) is 18.2 Å². The second kappa shape index (κ2) is 11.0. The van der Waals surface area contributed by atoms with Gasteiger partial charge in [-0.25, -0.2) is 0 Å². The molecule has 0 bridgehead atoms. The minimum Gasteiger partial charge on any atom is -0.493 e. The van der Waals surface area contributed by atoms with Crippen LogP contribution in [-0.2, 0) is 11.2 Å². The molecule has 1 aliphatic heterocycles. The van der Waals surface area contributed by atoms with Crippen LogP contribution in [0.5, 0.6) is 5.75 Å². The van der Waals surface area contributed by atoms with E-state index < -0.39 is 0 Å². The summed E-state index contributed by atoms with van der Waals surface area (Å²) in [5.74, 6) is 1.34. The molecule has 2 amide bonds. The number of hydrogen-bond acceptors (Lipinski definition) is 6. The summed E-state index contributed by atoms with van der Waals surface area (Å²) in [4.78, 5) is 41.4. The number of amides is 2. The van der Waals surface area contributed by atoms with Gasteiger partial charge in [0.1, 0.15) is 11.4 Å². The molecule has 4 rings (SSSR count). The largest absolute Gasteiger partial charge is 0.493 e. The van der Waals surface area contributed by atoms with Crippen LogP contribution in [0, 0.1) is 5.92 Å². The third-order valence-electron chi connectivity index (χ3n) is 6.34. The standard InChI is InChI=1S/C24H31N5O3/c30-23(16-20-18-25-9-10-26-20)28-11-13-29(14-12-28)24(31)22-17-21(6-8-27-22)32-15-7-19-4-2-1-3-5-19/h6,8-10,17-19H,1-5,7,11-16H2. The van der Waals surface area contributed by atoms with E-state index in [0.717, 1.165) is 12.3 Å². The van der Waals surface area contributed by atoms with Crippen molar-refractivity contribution in [2.24, 2.45) is 5.92 Å². The quantitative estimate of drug-likeness (QED) is 0.662. The molecule has 8 nitrogen and oxygen atoms in total. The zero-order valence-corrected chi connectivity index (χ0v) is 18.5. The SMILES string of the molecule is O=C(Cc1cnccn1)N1CCN(C(=O)c2cc(OCCC3CCCCC3)ccn2)CC1. The molecule has 2 aromatic rings. The molecule has 0 unspecified atom stereocenters. The van der Waals surface area contributed by atoms with Crippen LogP contribution < -0.4 is 4.74 Å². The number of aromatic nitrogens is 3. The molecule has 32 heavy (non-hydrogen) atoms. The van der Waals surface area contributed by atoms with Crippen molar-refractivity contribution in [3.63, 3.8) is 0 Å². The van der Waals surface area contributed by atoms with Crippen LogP contribution in [-0.4, -0.2) is 69.4 Å². The minimum atomic E-state index is -0.122. The topological polar surface area (TPSA) is 88.5 Å². The Bertz CT molecular complexity index is 894. The van der Waals surface area contributed by atoms with E-state index in [9.17, 15) is 9.59 Å². The van der Waals surface area contributed by atoms with Crippen molar-refractivity contribution in [2.45, 2.75) is 44.9 Å². The lowest BCUT2D eigenvalue weighted by Crippen LogP contribution is -2.51. The minimum absolute atomic E-state index is 0.00378. The van der Waals surface area contributed by atoms with Gasteiger partial charge in [0, 0.05) is 57.0 Å². The smallest absolute Gasteiger partial charge is 0.272 e. The highest BCUT2D eigenvalue weighted by Crippen LogP contribution is 2.26. The summed E-state index contributed by atoms with van der Waals surface area (Å²) >= 11 is 0. The van der Waals surface area contributed by atoms with Gasteiger partial charge in [0.15, 0.2) is 0 Å². The van der Waals surface area contributed by atoms with Crippen LogP contribution in [0.4, 0.5) is 0 Å². The number of carbonyl (C=O) groups excluding carboxylic acids is 2. The first-order chi connectivity index (χ1) is 15.7. The first-order valence-electron chi connectivity index (χ1n) is 11.6. The predicted octanol–water partition coefficient (Wildman–Crippen LogP) is 2.75. The molecule has 0 radical (unpaired) electrons. The average molecular weight is 438 g/mol. The number of nitrogens with zero attached hydrogens (tertiary/aromatic N) is 5. The molecule has 170 valence electrons. The Hall–Kier alpha value is -3.03. The number of carbonyl (C=O) groups is 2. The molecular formula is C24H31N5O3. The molecular weight excluding hydrogens is 406 g/mol. The van der Waals surface area contributed by atoms with Crippen LogP contribution >= 0.6 is 0 Å². The van der Waals surface area contributed by atoms with Crippen molar-refractivity contribution in [3.05, 3.63) is 48.3 Å². The first-order valence-corrected chi connectivity index (χ1v) is 11.6. The number of ether oxygens (including phenoxy) is 1. The highest BCUT2D eigenvalue weighted by atomic mass is 16.5. The summed E-state index contributed by atoms with van der Waals surface area (Å²) in [5, 5.41) is 0. The maximum absolute atomic E-state index is 12.9. The fraction of sp³-hybridized carbons (Fsp3) is 0.542. The third kappa shape index (κ3) is 6.02. The molecule has 2 aromatic heterocycles. The van der Waals surface area contributed by atoms with E-state index >= 15 is 0 Å². The van der Waals surface area contributed by atoms with Crippen molar-refractivity contribution in [3.8, 4) is 5.75 Å². The molecule has 0 spiro atoms. The third-order valence-corrected chi connectivity index (χ3v) is 6.34. The van der Waals surface area contributed by atoms with Crippen LogP contribution in [0.1, 0.15) is 54.7 Å². The maximum atomic E-state index is 12.9. The zero-order chi connectivity index (χ0) is 22.2. The van der Waals surface area contributed by atoms with Crippen molar-refractivity contribution in [1.82, 2.24) is 24.8 Å². The van der Waals surface area contributed by atoms with Gasteiger partial charge >= 0.3 is 0 Å². The molecule has 1 saturated carbocycles. The zero-order valence-electron chi connectivity index (χ0n) is 18.5. The van der Waals surface area contributed by atoms with Crippen molar-refractivity contribution in [1.29, 1.82) is 0 Å². The summed E-state index contributed by atoms with van der Waals surface area (Å²) in [6.45, 7) is 2.65. The van der Waals surface area contributed by atoms with Gasteiger partial charge in [0.25, 0.3) is 5.91 Å². The predicted molar refractivity (Wildman–Crippen MR) is 119 cm³/mol. The number of rotatable bonds is 7. The summed E-state index contributed by atoms with van der Waals surface area (Å²) in [6, 6.07) is 3.54. The van der Waals surface area contributed by atoms with Crippen LogP contribution in [0.15, 0.2) is 36.9 Å². The molecule has 1 aliphatic carbocycles. The lowest BCUT2D eigenvalue weighted by molar-refractivity contribution is -0.132. The van der Waals surface area contributed by atoms with Gasteiger partial charge in [-0.1, -0.05) is 32.1 Å². The van der Waals surface area contributed by atoms with Crippen LogP contribution in [0.2, 0.25) is 0 Å². The second-order valence-electron chi connectivity index (χ2n) is 8.56. The van der Waals surface area contributed by atoms with Gasteiger partial charge in [-0.05, 0) is 18.4 Å². The Balaban J connectivity index is 1.24. The van der Waals surface area contributed by atoms with E-state index in [1.54, 1.807) is 46.7 Å². The highest BCUT2D eigenvalue weighted by Gasteiger charge is 2.26. The van der Waals surface area contributed by atoms with E-state index in [0.29, 0.717) is 49.9 Å². The summed E-state index contributed by atoms with van der Waals surface area (Å²) in [5.41, 5.74) is 1.04. The van der Waals surface area contributed by atoms with E-state index in [4.69, 9.17) is 4.74 Å². The van der Waals surface area contributed by atoms with Gasteiger partial charge < -0.3 is 14.5 Å². The van der Waals surface area contributed by atoms with Crippen LogP contribution in [0.3, 0.4) is 0 Å².